The molecule has 1 aliphatic heterocycles. The zero-order valence-electron chi connectivity index (χ0n) is 56.1. The molecular weight excluding hydrogens is 1470 g/mol. The zero-order valence-corrected chi connectivity index (χ0v) is 57.7. The normalized spacial score (nSPS) is 12.0. The molecule has 548 valence electrons. The van der Waals surface area contributed by atoms with Crippen molar-refractivity contribution in [3.05, 3.63) is 232 Å². The summed E-state index contributed by atoms with van der Waals surface area (Å²) < 4.78 is 145. The quantitative estimate of drug-likeness (QED) is 0.0486. The fourth-order valence-corrected chi connectivity index (χ4v) is 10.9. The van der Waals surface area contributed by atoms with E-state index >= 15 is 0 Å². The number of likely N-dealkylation sites (N-methyl/N-ethyl adjacent to an activating group) is 1. The summed E-state index contributed by atoms with van der Waals surface area (Å²) >= 11 is 0. The molecule has 0 amide bonds. The van der Waals surface area contributed by atoms with E-state index in [-0.39, 0.29) is 86.8 Å². The van der Waals surface area contributed by atoms with Gasteiger partial charge in [-0.25, -0.2) is 58.0 Å². The number of alkyl halides is 9. The summed E-state index contributed by atoms with van der Waals surface area (Å²) in [5.41, 5.74) is 7.25. The van der Waals surface area contributed by atoms with Crippen LogP contribution in [0.1, 0.15) is 84.3 Å². The number of carboxylic acids is 1. The Morgan fingerprint density at radius 3 is 1.30 bits per heavy atom. The number of aromatic nitrogens is 9. The van der Waals surface area contributed by atoms with Crippen molar-refractivity contribution in [1.82, 2.24) is 48.5 Å². The van der Waals surface area contributed by atoms with Crippen LogP contribution >= 0.6 is 0 Å². The van der Waals surface area contributed by atoms with Crippen molar-refractivity contribution in [3.8, 4) is 85.6 Å². The number of benzene rings is 5. The van der Waals surface area contributed by atoms with Gasteiger partial charge in [-0.1, -0.05) is 102 Å². The van der Waals surface area contributed by atoms with Gasteiger partial charge in [-0.2, -0.15) is 0 Å². The van der Waals surface area contributed by atoms with Gasteiger partial charge in [-0.3, -0.25) is 0 Å². The molecule has 0 aliphatic carbocycles. The predicted octanol–water partition coefficient (Wildman–Crippen LogP) is 14.4. The molecule has 11 aromatic rings. The van der Waals surface area contributed by atoms with Crippen LogP contribution in [0.3, 0.4) is 0 Å². The monoisotopic (exact) mass is 1540 g/mol. The molecule has 21 nitrogen and oxygen atoms in total. The number of pyridine rings is 3. The second-order valence-corrected chi connectivity index (χ2v) is 23.0. The average molecular weight is 1540 g/mol. The van der Waals surface area contributed by atoms with Crippen LogP contribution in [0.2, 0.25) is 0 Å². The van der Waals surface area contributed by atoms with Crippen molar-refractivity contribution < 1.29 is 114 Å². The standard InChI is InChI=1S/C28H25F3N4O3.C26H22F3N3O3.C19H16F3N3O3.2H2O.Pd/c1-17-6-9-25(38-16-18-7-8-20-15-34(2)11-10-19(20)13-18)21(12-17)22-4-3-5-23(33-22)26-32-14-24(27(36)37)35(26)28(29,30)31;1-3-34-25(33)22-15-30-24(32(22)26(27,28)29)21-11-7-10-20(31-21)19-14-17(2)12-13-23(19)35-16-18-8-5-4-6-9-18;1-3-28-18(27)15-10-23-17(25(15)19(20,21)22)14-6-4-5-13(24-14)12-9-11(2)7-8-16(12)26;;;/h3-9,12-14H,10-11,15-16H2,1-2H3,(H,36,37);4-15H,3,16H2,1-2H3;4-10,26H,3H2,1-2H3;2*1H2;. The molecule has 0 bridgehead atoms. The topological polar surface area (TPSA) is 287 Å². The number of halogens is 9. The Morgan fingerprint density at radius 2 is 0.865 bits per heavy atom. The van der Waals surface area contributed by atoms with Gasteiger partial charge in [-0.15, -0.1) is 39.5 Å². The van der Waals surface area contributed by atoms with Gasteiger partial charge in [0.2, 0.25) is 0 Å². The van der Waals surface area contributed by atoms with Gasteiger partial charge >= 0.3 is 36.8 Å². The number of aromatic hydroxyl groups is 1. The number of phenolic OH excluding ortho intramolecular Hbond substituents is 1. The molecule has 7 heterocycles. The maximum absolute atomic E-state index is 13.9. The number of fused-ring (bicyclic) bond motifs is 1. The number of imidazole rings is 3. The number of hydrogen-bond donors (Lipinski definition) is 2. The smallest absolute Gasteiger partial charge is 0.490 e. The average Bonchev–Trinajstić information content (AvgIpc) is 1.60. The van der Waals surface area contributed by atoms with E-state index in [1.165, 1.54) is 55.3 Å². The van der Waals surface area contributed by atoms with E-state index in [1.54, 1.807) is 48.5 Å². The third-order valence-electron chi connectivity index (χ3n) is 15.5. The largest absolute Gasteiger partial charge is 0.507 e. The van der Waals surface area contributed by atoms with E-state index < -0.39 is 71.4 Å². The number of nitrogens with zero attached hydrogens (tertiary/aromatic N) is 10. The Hall–Kier alpha value is -11.1. The first-order chi connectivity index (χ1) is 48.1. The van der Waals surface area contributed by atoms with E-state index in [9.17, 15) is 64.1 Å². The fraction of sp³-hybridized carbons (Fsp3) is 0.219. The van der Waals surface area contributed by atoms with Crippen molar-refractivity contribution in [1.29, 1.82) is 0 Å². The van der Waals surface area contributed by atoms with Gasteiger partial charge in [0, 0.05) is 50.2 Å². The van der Waals surface area contributed by atoms with Gasteiger partial charge in [-0.05, 0) is 143 Å². The summed E-state index contributed by atoms with van der Waals surface area (Å²) in [6.07, 6.45) is -11.5. The van der Waals surface area contributed by atoms with Crippen LogP contribution in [0.5, 0.6) is 17.2 Å². The Labute approximate surface area is 602 Å². The van der Waals surface area contributed by atoms with Gasteiger partial charge in [0.05, 0.1) is 48.9 Å². The van der Waals surface area contributed by atoms with Gasteiger partial charge in [0.25, 0.3) is 0 Å². The molecule has 1 aliphatic rings. The number of esters is 2. The third kappa shape index (κ3) is 19.0. The molecule has 0 atom stereocenters. The van der Waals surface area contributed by atoms with Crippen molar-refractivity contribution >= 4 is 17.9 Å². The van der Waals surface area contributed by atoms with Crippen LogP contribution in [-0.4, -0.2) is 114 Å². The summed E-state index contributed by atoms with van der Waals surface area (Å²) in [6.45, 7) is 11.0. The molecule has 104 heavy (non-hydrogen) atoms. The van der Waals surface area contributed by atoms with Gasteiger partial charge in [0.15, 0.2) is 34.6 Å². The van der Waals surface area contributed by atoms with Crippen LogP contribution in [0.15, 0.2) is 176 Å². The van der Waals surface area contributed by atoms with Crippen LogP contribution < -0.4 is 9.47 Å². The number of carbonyl (C=O) groups is 3. The number of ether oxygens (including phenoxy) is 4. The summed E-state index contributed by atoms with van der Waals surface area (Å²) in [5, 5.41) is 19.3. The number of rotatable bonds is 17. The maximum Gasteiger partial charge on any atom is 0.490 e. The Kier molecular flexibility index (Phi) is 26.4. The van der Waals surface area contributed by atoms with Gasteiger partial charge < -0.3 is 45.0 Å². The number of phenols is 1. The predicted molar refractivity (Wildman–Crippen MR) is 360 cm³/mol. The summed E-state index contributed by atoms with van der Waals surface area (Å²) in [4.78, 5) is 62.0. The molecule has 6 aromatic heterocycles. The van der Waals surface area contributed by atoms with Crippen LogP contribution in [0.25, 0.3) is 68.3 Å². The van der Waals surface area contributed by atoms with Crippen molar-refractivity contribution in [2.45, 2.75) is 79.7 Å². The van der Waals surface area contributed by atoms with E-state index in [4.69, 9.17) is 14.2 Å². The van der Waals surface area contributed by atoms with Crippen molar-refractivity contribution in [2.24, 2.45) is 0 Å². The first-order valence-corrected chi connectivity index (χ1v) is 31.2. The summed E-state index contributed by atoms with van der Waals surface area (Å²) in [5.74, 6) is -4.64. The van der Waals surface area contributed by atoms with Crippen molar-refractivity contribution in [3.63, 3.8) is 0 Å². The minimum atomic E-state index is -4.99. The molecular formula is C73H67F9N10O11Pd. The van der Waals surface area contributed by atoms with E-state index in [1.807, 2.05) is 87.5 Å². The Balaban J connectivity index is 0.000000218. The van der Waals surface area contributed by atoms with E-state index in [2.05, 4.69) is 58.7 Å². The molecule has 0 spiro atoms. The maximum atomic E-state index is 13.9. The van der Waals surface area contributed by atoms with E-state index in [0.29, 0.717) is 59.0 Å². The van der Waals surface area contributed by atoms with Crippen LogP contribution in [0, 0.1) is 20.8 Å². The minimum absolute atomic E-state index is 0. The number of hydrogen-bond acceptors (Lipinski definition) is 15. The minimum Gasteiger partial charge on any atom is -0.507 e. The van der Waals surface area contributed by atoms with Crippen molar-refractivity contribution in [2.75, 3.05) is 26.8 Å². The summed E-state index contributed by atoms with van der Waals surface area (Å²) in [7, 11) is 2.10. The van der Waals surface area contributed by atoms with E-state index in [0.717, 1.165) is 59.7 Å². The number of carbonyl (C=O) groups excluding carboxylic acids is 2. The van der Waals surface area contributed by atoms with Crippen LogP contribution in [0.4, 0.5) is 39.5 Å². The molecule has 6 N–H and O–H groups in total. The SMILES string of the molecule is CCOC(=O)c1cnc(-c2cccc(-c3cc(C)ccc3O)n2)n1C(F)(F)F.CCOC(=O)c1cnc(-c2cccc(-c3cc(C)ccc3OCc3ccccc3)n2)n1C(F)(F)F.Cc1ccc(OCc2ccc3c(c2)CCN(C)C3)c(-c2cccc(-c3ncc(C(=O)O)n3C(F)(F)F)n2)c1.O.O.[Pd]. The fourth-order valence-electron chi connectivity index (χ4n) is 10.9. The number of aromatic carboxylic acids is 1. The molecule has 0 unspecified atom stereocenters. The molecule has 0 saturated carbocycles. The molecule has 12 rings (SSSR count). The van der Waals surface area contributed by atoms with Gasteiger partial charge in [0.1, 0.15) is 47.5 Å². The first kappa shape index (κ1) is 80.2. The third-order valence-corrected chi connectivity index (χ3v) is 15.5. The number of carboxylic acid groups (broad SMARTS) is 1. The molecule has 0 saturated heterocycles. The molecule has 5 aromatic carbocycles. The first-order valence-electron chi connectivity index (χ1n) is 31.2. The Morgan fingerprint density at radius 1 is 0.471 bits per heavy atom. The number of aryl methyl sites for hydroxylation is 3. The Bertz CT molecular complexity index is 4830. The molecule has 0 radical (unpaired) electrons. The second-order valence-electron chi connectivity index (χ2n) is 23.0. The van der Waals surface area contributed by atoms with Crippen LogP contribution in [-0.2, 0) is 75.0 Å². The zero-order chi connectivity index (χ0) is 72.5. The molecule has 31 heteroatoms. The molecule has 0 fully saturated rings. The summed E-state index contributed by atoms with van der Waals surface area (Å²) in [6, 6.07) is 45.5. The second kappa shape index (κ2) is 34.3.